The number of anilines is 1. The number of carbonyl (C=O) groups excluding carboxylic acids is 1. The number of aromatic nitrogens is 1. The van der Waals surface area contributed by atoms with Crippen LogP contribution in [0.4, 0.5) is 5.13 Å². The fraction of sp³-hybridized carbons (Fsp3) is 0.444. The third kappa shape index (κ3) is 4.87. The molecule has 2 heterocycles. The molecule has 5 nitrogen and oxygen atoms in total. The fourth-order valence-corrected chi connectivity index (χ4v) is 3.56. The predicted octanol–water partition coefficient (Wildman–Crippen LogP) is 2.60. The predicted molar refractivity (Wildman–Crippen MR) is 98.3 cm³/mol. The standard InChI is InChI=1S/C18H24N4OS/c1-15-5-2-3-6-16(15)13-21-8-4-9-22(11-10-21)14-17(23)20-18-19-7-12-24-18/h2-3,5-7,12H,4,8-11,13-14H2,1H3,(H,19,20,23). The van der Waals surface area contributed by atoms with Crippen LogP contribution in [-0.2, 0) is 11.3 Å². The third-order valence-electron chi connectivity index (χ3n) is 4.38. The molecule has 1 amide bonds. The van der Waals surface area contributed by atoms with Crippen molar-refractivity contribution in [2.24, 2.45) is 0 Å². The minimum atomic E-state index is 0.0253. The number of thiazole rings is 1. The molecule has 1 saturated heterocycles. The lowest BCUT2D eigenvalue weighted by Crippen LogP contribution is -2.36. The maximum absolute atomic E-state index is 12.1. The molecule has 1 N–H and O–H groups in total. The number of nitrogens with one attached hydrogen (secondary N) is 1. The van der Waals surface area contributed by atoms with Crippen LogP contribution in [0.3, 0.4) is 0 Å². The minimum Gasteiger partial charge on any atom is -0.301 e. The molecule has 1 fully saturated rings. The van der Waals surface area contributed by atoms with E-state index in [1.54, 1.807) is 6.20 Å². The number of aryl methyl sites for hydroxylation is 1. The van der Waals surface area contributed by atoms with Gasteiger partial charge in [0.05, 0.1) is 6.54 Å². The Kier molecular flexibility index (Phi) is 5.96. The average Bonchev–Trinajstić information content (AvgIpc) is 2.97. The highest BCUT2D eigenvalue weighted by molar-refractivity contribution is 7.13. The first-order valence-corrected chi connectivity index (χ1v) is 9.27. The summed E-state index contributed by atoms with van der Waals surface area (Å²) in [6.07, 6.45) is 2.80. The number of rotatable bonds is 5. The zero-order valence-corrected chi connectivity index (χ0v) is 14.9. The molecule has 1 aliphatic rings. The van der Waals surface area contributed by atoms with Gasteiger partial charge in [-0.25, -0.2) is 4.98 Å². The highest BCUT2D eigenvalue weighted by atomic mass is 32.1. The maximum Gasteiger partial charge on any atom is 0.240 e. The normalized spacial score (nSPS) is 16.7. The zero-order valence-electron chi connectivity index (χ0n) is 14.1. The SMILES string of the molecule is Cc1ccccc1CN1CCCN(CC(=O)Nc2nccs2)CC1. The molecule has 128 valence electrons. The van der Waals surface area contributed by atoms with Gasteiger partial charge in [0.15, 0.2) is 5.13 Å². The van der Waals surface area contributed by atoms with Crippen LogP contribution in [0, 0.1) is 6.92 Å². The highest BCUT2D eigenvalue weighted by Gasteiger charge is 2.18. The van der Waals surface area contributed by atoms with Crippen LogP contribution in [0.15, 0.2) is 35.8 Å². The van der Waals surface area contributed by atoms with Crippen molar-refractivity contribution in [2.45, 2.75) is 19.9 Å². The molecule has 3 rings (SSSR count). The van der Waals surface area contributed by atoms with Crippen molar-refractivity contribution in [3.05, 3.63) is 47.0 Å². The Morgan fingerprint density at radius 2 is 2.00 bits per heavy atom. The van der Waals surface area contributed by atoms with Crippen LogP contribution in [0.2, 0.25) is 0 Å². The molecular weight excluding hydrogens is 320 g/mol. The first-order chi connectivity index (χ1) is 11.7. The molecule has 0 aliphatic carbocycles. The number of hydrogen-bond donors (Lipinski definition) is 1. The molecule has 24 heavy (non-hydrogen) atoms. The summed E-state index contributed by atoms with van der Waals surface area (Å²) in [6.45, 7) is 7.58. The van der Waals surface area contributed by atoms with Gasteiger partial charge in [-0.2, -0.15) is 0 Å². The first-order valence-electron chi connectivity index (χ1n) is 8.39. The Morgan fingerprint density at radius 1 is 1.21 bits per heavy atom. The quantitative estimate of drug-likeness (QED) is 0.906. The monoisotopic (exact) mass is 344 g/mol. The van der Waals surface area contributed by atoms with Crippen LogP contribution in [0.25, 0.3) is 0 Å². The van der Waals surface area contributed by atoms with Gasteiger partial charge in [0.2, 0.25) is 5.91 Å². The summed E-state index contributed by atoms with van der Waals surface area (Å²) in [5, 5.41) is 5.40. The molecule has 0 radical (unpaired) electrons. The van der Waals surface area contributed by atoms with Gasteiger partial charge in [-0.05, 0) is 37.6 Å². The van der Waals surface area contributed by atoms with Crippen LogP contribution >= 0.6 is 11.3 Å². The van der Waals surface area contributed by atoms with E-state index in [2.05, 4.69) is 51.3 Å². The first kappa shape index (κ1) is 17.1. The summed E-state index contributed by atoms with van der Waals surface area (Å²) in [5.41, 5.74) is 2.74. The molecule has 0 atom stereocenters. The van der Waals surface area contributed by atoms with Crippen molar-refractivity contribution >= 4 is 22.4 Å². The van der Waals surface area contributed by atoms with Gasteiger partial charge >= 0.3 is 0 Å². The molecular formula is C18H24N4OS. The van der Waals surface area contributed by atoms with Gasteiger partial charge in [0.1, 0.15) is 0 Å². The number of carbonyl (C=O) groups is 1. The molecule has 1 aromatic carbocycles. The van der Waals surface area contributed by atoms with Gasteiger partial charge in [-0.1, -0.05) is 24.3 Å². The van der Waals surface area contributed by atoms with E-state index in [-0.39, 0.29) is 5.91 Å². The molecule has 2 aromatic rings. The average molecular weight is 344 g/mol. The van der Waals surface area contributed by atoms with Gasteiger partial charge in [-0.3, -0.25) is 14.6 Å². The molecule has 6 heteroatoms. The summed E-state index contributed by atoms with van der Waals surface area (Å²) >= 11 is 1.45. The largest absolute Gasteiger partial charge is 0.301 e. The number of nitrogens with zero attached hydrogens (tertiary/aromatic N) is 3. The second-order valence-electron chi connectivity index (χ2n) is 6.22. The summed E-state index contributed by atoms with van der Waals surface area (Å²) in [6, 6.07) is 8.57. The maximum atomic E-state index is 12.1. The molecule has 0 bridgehead atoms. The molecule has 1 aromatic heterocycles. The number of amides is 1. The lowest BCUT2D eigenvalue weighted by molar-refractivity contribution is -0.117. The highest BCUT2D eigenvalue weighted by Crippen LogP contribution is 2.13. The lowest BCUT2D eigenvalue weighted by atomic mass is 10.1. The van der Waals surface area contributed by atoms with Crippen LogP contribution < -0.4 is 5.32 Å². The van der Waals surface area contributed by atoms with Crippen LogP contribution in [0.5, 0.6) is 0 Å². The lowest BCUT2D eigenvalue weighted by Gasteiger charge is -2.22. The Labute approximate surface area is 147 Å². The summed E-state index contributed by atoms with van der Waals surface area (Å²) in [7, 11) is 0. The number of benzene rings is 1. The molecule has 0 unspecified atom stereocenters. The second-order valence-corrected chi connectivity index (χ2v) is 7.11. The summed E-state index contributed by atoms with van der Waals surface area (Å²) in [5.74, 6) is 0.0253. The van der Waals surface area contributed by atoms with Crippen molar-refractivity contribution in [3.8, 4) is 0 Å². The Morgan fingerprint density at radius 3 is 2.79 bits per heavy atom. The molecule has 0 saturated carbocycles. The van der Waals surface area contributed by atoms with Crippen LogP contribution in [-0.4, -0.2) is 53.4 Å². The smallest absolute Gasteiger partial charge is 0.240 e. The van der Waals surface area contributed by atoms with Gasteiger partial charge in [0, 0.05) is 31.2 Å². The van der Waals surface area contributed by atoms with E-state index in [4.69, 9.17) is 0 Å². The topological polar surface area (TPSA) is 48.5 Å². The zero-order chi connectivity index (χ0) is 16.8. The van der Waals surface area contributed by atoms with Crippen molar-refractivity contribution in [3.63, 3.8) is 0 Å². The van der Waals surface area contributed by atoms with Gasteiger partial charge in [-0.15, -0.1) is 11.3 Å². The van der Waals surface area contributed by atoms with Gasteiger partial charge in [0.25, 0.3) is 0 Å². The third-order valence-corrected chi connectivity index (χ3v) is 5.07. The van der Waals surface area contributed by atoms with Crippen molar-refractivity contribution in [1.82, 2.24) is 14.8 Å². The number of hydrogen-bond acceptors (Lipinski definition) is 5. The molecule has 0 spiro atoms. The fourth-order valence-electron chi connectivity index (χ4n) is 3.02. The van der Waals surface area contributed by atoms with Crippen LogP contribution in [0.1, 0.15) is 17.5 Å². The Balaban J connectivity index is 1.48. The van der Waals surface area contributed by atoms with Crippen molar-refractivity contribution in [1.29, 1.82) is 0 Å². The van der Waals surface area contributed by atoms with E-state index in [0.29, 0.717) is 11.7 Å². The molecule has 1 aliphatic heterocycles. The summed E-state index contributed by atoms with van der Waals surface area (Å²) in [4.78, 5) is 20.9. The Hall–Kier alpha value is -1.76. The van der Waals surface area contributed by atoms with Crippen molar-refractivity contribution in [2.75, 3.05) is 38.0 Å². The second kappa shape index (κ2) is 8.37. The van der Waals surface area contributed by atoms with E-state index < -0.39 is 0 Å². The van der Waals surface area contributed by atoms with Crippen molar-refractivity contribution < 1.29 is 4.79 Å². The van der Waals surface area contributed by atoms with E-state index in [9.17, 15) is 4.79 Å². The van der Waals surface area contributed by atoms with E-state index in [1.807, 2.05) is 5.38 Å². The summed E-state index contributed by atoms with van der Waals surface area (Å²) < 4.78 is 0. The van der Waals surface area contributed by atoms with E-state index in [0.717, 1.165) is 39.1 Å². The van der Waals surface area contributed by atoms with E-state index in [1.165, 1.54) is 22.5 Å². The Bertz CT molecular complexity index is 659. The van der Waals surface area contributed by atoms with Gasteiger partial charge < -0.3 is 5.32 Å². The minimum absolute atomic E-state index is 0.0253. The van der Waals surface area contributed by atoms with E-state index >= 15 is 0 Å².